The van der Waals surface area contributed by atoms with E-state index in [1.807, 2.05) is 19.9 Å². The van der Waals surface area contributed by atoms with Crippen LogP contribution < -0.4 is 0 Å². The van der Waals surface area contributed by atoms with Crippen molar-refractivity contribution in [3.05, 3.63) is 48.0 Å². The minimum Gasteiger partial charge on any atom is -0.463 e. The van der Waals surface area contributed by atoms with Gasteiger partial charge in [0, 0.05) is 5.92 Å². The molecule has 2 rings (SSSR count). The highest BCUT2D eigenvalue weighted by molar-refractivity contribution is 5.70. The lowest BCUT2D eigenvalue weighted by molar-refractivity contribution is -0.148. The van der Waals surface area contributed by atoms with Crippen molar-refractivity contribution in [2.75, 3.05) is 0 Å². The average Bonchev–Trinajstić information content (AvgIpc) is 2.39. The second kappa shape index (κ2) is 6.55. The molecule has 19 heavy (non-hydrogen) atoms. The van der Waals surface area contributed by atoms with Gasteiger partial charge in [0.2, 0.25) is 0 Å². The molecule has 2 heteroatoms. The lowest BCUT2D eigenvalue weighted by Gasteiger charge is -2.23. The molecule has 0 amide bonds. The van der Waals surface area contributed by atoms with Crippen LogP contribution in [0.15, 0.2) is 42.5 Å². The number of esters is 1. The molecule has 2 atom stereocenters. The fourth-order valence-electron chi connectivity index (χ4n) is 2.55. The van der Waals surface area contributed by atoms with E-state index >= 15 is 0 Å². The van der Waals surface area contributed by atoms with Crippen LogP contribution in [-0.2, 0) is 9.53 Å². The normalized spacial score (nSPS) is 22.5. The molecule has 2 nitrogen and oxygen atoms in total. The summed E-state index contributed by atoms with van der Waals surface area (Å²) < 4.78 is 5.19. The molecule has 0 aliphatic heterocycles. The smallest absolute Gasteiger partial charge is 0.306 e. The van der Waals surface area contributed by atoms with E-state index in [0.29, 0.717) is 18.3 Å². The van der Waals surface area contributed by atoms with Crippen LogP contribution in [0.1, 0.15) is 44.6 Å². The standard InChI is InChI=1S/C17H22O2/c1-13(2)19-17(18)12-14-8-10-16(11-9-14)15-6-4-3-5-7-15/h3-8,10,13-14,16H,9,11-12H2,1-2H3. The van der Waals surface area contributed by atoms with Crippen LogP contribution in [0.5, 0.6) is 0 Å². The number of allylic oxidation sites excluding steroid dienone is 2. The van der Waals surface area contributed by atoms with Crippen molar-refractivity contribution in [2.24, 2.45) is 5.92 Å². The van der Waals surface area contributed by atoms with E-state index in [1.165, 1.54) is 5.56 Å². The summed E-state index contributed by atoms with van der Waals surface area (Å²) in [6, 6.07) is 10.5. The number of hydrogen-bond donors (Lipinski definition) is 0. The van der Waals surface area contributed by atoms with Crippen LogP contribution in [0.4, 0.5) is 0 Å². The number of benzene rings is 1. The molecule has 0 aromatic heterocycles. The zero-order chi connectivity index (χ0) is 13.7. The monoisotopic (exact) mass is 258 g/mol. The highest BCUT2D eigenvalue weighted by Crippen LogP contribution is 2.31. The number of carbonyl (C=O) groups is 1. The highest BCUT2D eigenvalue weighted by atomic mass is 16.5. The molecule has 0 heterocycles. The van der Waals surface area contributed by atoms with Crippen LogP contribution in [0.2, 0.25) is 0 Å². The number of ether oxygens (including phenoxy) is 1. The van der Waals surface area contributed by atoms with Crippen molar-refractivity contribution in [3.63, 3.8) is 0 Å². The molecule has 1 aliphatic carbocycles. The van der Waals surface area contributed by atoms with Gasteiger partial charge in [0.25, 0.3) is 0 Å². The van der Waals surface area contributed by atoms with E-state index in [4.69, 9.17) is 4.74 Å². The van der Waals surface area contributed by atoms with Gasteiger partial charge in [-0.3, -0.25) is 4.79 Å². The molecule has 2 unspecified atom stereocenters. The summed E-state index contributed by atoms with van der Waals surface area (Å²) in [6.45, 7) is 3.78. The lowest BCUT2D eigenvalue weighted by Crippen LogP contribution is -2.17. The fraction of sp³-hybridized carbons (Fsp3) is 0.471. The lowest BCUT2D eigenvalue weighted by atomic mass is 9.83. The van der Waals surface area contributed by atoms with Crippen molar-refractivity contribution in [1.29, 1.82) is 0 Å². The fourth-order valence-corrected chi connectivity index (χ4v) is 2.55. The summed E-state index contributed by atoms with van der Waals surface area (Å²) in [5, 5.41) is 0. The van der Waals surface area contributed by atoms with Crippen molar-refractivity contribution in [3.8, 4) is 0 Å². The molecular weight excluding hydrogens is 236 g/mol. The zero-order valence-corrected chi connectivity index (χ0v) is 11.7. The van der Waals surface area contributed by atoms with Crippen molar-refractivity contribution < 1.29 is 9.53 Å². The first-order chi connectivity index (χ1) is 9.15. The Labute approximate surface area is 115 Å². The summed E-state index contributed by atoms with van der Waals surface area (Å²) in [6.07, 6.45) is 7.09. The highest BCUT2D eigenvalue weighted by Gasteiger charge is 2.20. The molecule has 1 aromatic carbocycles. The van der Waals surface area contributed by atoms with E-state index in [1.54, 1.807) is 0 Å². The predicted octanol–water partition coefficient (Wildman–Crippen LogP) is 4.08. The Morgan fingerprint density at radius 2 is 1.95 bits per heavy atom. The topological polar surface area (TPSA) is 26.3 Å². The molecule has 0 bridgehead atoms. The van der Waals surface area contributed by atoms with Gasteiger partial charge >= 0.3 is 5.97 Å². The Balaban J connectivity index is 1.88. The molecule has 1 aliphatic rings. The van der Waals surface area contributed by atoms with Gasteiger partial charge in [0.05, 0.1) is 12.5 Å². The summed E-state index contributed by atoms with van der Waals surface area (Å²) in [7, 11) is 0. The third kappa shape index (κ3) is 4.23. The van der Waals surface area contributed by atoms with Gasteiger partial charge in [-0.25, -0.2) is 0 Å². The molecular formula is C17H22O2. The van der Waals surface area contributed by atoms with Gasteiger partial charge in [-0.05, 0) is 38.2 Å². The Bertz CT molecular complexity index is 434. The first kappa shape index (κ1) is 13.9. The van der Waals surface area contributed by atoms with Crippen LogP contribution >= 0.6 is 0 Å². The first-order valence-corrected chi connectivity index (χ1v) is 7.08. The molecule has 0 fully saturated rings. The molecule has 0 spiro atoms. The largest absolute Gasteiger partial charge is 0.463 e. The number of carbonyl (C=O) groups excluding carboxylic acids is 1. The van der Waals surface area contributed by atoms with Gasteiger partial charge in [-0.15, -0.1) is 0 Å². The SMILES string of the molecule is CC(C)OC(=O)CC1C=CC(c2ccccc2)CC1. The Morgan fingerprint density at radius 3 is 2.53 bits per heavy atom. The third-order valence-electron chi connectivity index (χ3n) is 3.49. The Kier molecular flexibility index (Phi) is 4.78. The number of hydrogen-bond acceptors (Lipinski definition) is 2. The average molecular weight is 258 g/mol. The van der Waals surface area contributed by atoms with Gasteiger partial charge in [0.15, 0.2) is 0 Å². The van der Waals surface area contributed by atoms with Crippen molar-refractivity contribution in [2.45, 2.75) is 45.1 Å². The quantitative estimate of drug-likeness (QED) is 0.601. The van der Waals surface area contributed by atoms with Crippen molar-refractivity contribution >= 4 is 5.97 Å². The Hall–Kier alpha value is -1.57. The maximum absolute atomic E-state index is 11.6. The predicted molar refractivity (Wildman–Crippen MR) is 76.9 cm³/mol. The summed E-state index contributed by atoms with van der Waals surface area (Å²) in [5.74, 6) is 0.757. The zero-order valence-electron chi connectivity index (χ0n) is 11.7. The van der Waals surface area contributed by atoms with E-state index in [9.17, 15) is 4.79 Å². The van der Waals surface area contributed by atoms with Gasteiger partial charge in [-0.1, -0.05) is 42.5 Å². The minimum atomic E-state index is -0.0807. The molecule has 0 saturated heterocycles. The van der Waals surface area contributed by atoms with Gasteiger partial charge < -0.3 is 4.74 Å². The summed E-state index contributed by atoms with van der Waals surface area (Å²) in [4.78, 5) is 11.6. The van der Waals surface area contributed by atoms with Crippen LogP contribution in [0, 0.1) is 5.92 Å². The second-order valence-corrected chi connectivity index (χ2v) is 5.48. The maximum atomic E-state index is 11.6. The molecule has 1 aromatic rings. The summed E-state index contributed by atoms with van der Waals surface area (Å²) in [5.41, 5.74) is 1.36. The first-order valence-electron chi connectivity index (χ1n) is 7.08. The third-order valence-corrected chi connectivity index (χ3v) is 3.49. The maximum Gasteiger partial charge on any atom is 0.306 e. The van der Waals surface area contributed by atoms with Crippen LogP contribution in [0.25, 0.3) is 0 Å². The second-order valence-electron chi connectivity index (χ2n) is 5.48. The van der Waals surface area contributed by atoms with Crippen LogP contribution in [0.3, 0.4) is 0 Å². The molecule has 0 N–H and O–H groups in total. The van der Waals surface area contributed by atoms with E-state index in [-0.39, 0.29) is 12.1 Å². The van der Waals surface area contributed by atoms with E-state index in [2.05, 4.69) is 36.4 Å². The summed E-state index contributed by atoms with van der Waals surface area (Å²) >= 11 is 0. The van der Waals surface area contributed by atoms with E-state index in [0.717, 1.165) is 12.8 Å². The number of rotatable bonds is 4. The minimum absolute atomic E-state index is 0.0165. The Morgan fingerprint density at radius 1 is 1.21 bits per heavy atom. The molecule has 0 radical (unpaired) electrons. The van der Waals surface area contributed by atoms with Crippen LogP contribution in [-0.4, -0.2) is 12.1 Å². The van der Waals surface area contributed by atoms with Gasteiger partial charge in [-0.2, -0.15) is 0 Å². The van der Waals surface area contributed by atoms with E-state index < -0.39 is 0 Å². The van der Waals surface area contributed by atoms with Crippen molar-refractivity contribution in [1.82, 2.24) is 0 Å². The molecule has 102 valence electrons. The molecule has 0 saturated carbocycles. The van der Waals surface area contributed by atoms with Gasteiger partial charge in [0.1, 0.15) is 0 Å².